The number of aromatic nitrogens is 2. The molecule has 104 valence electrons. The summed E-state index contributed by atoms with van der Waals surface area (Å²) in [6.45, 7) is 4.45. The average Bonchev–Trinajstić information content (AvgIpc) is 2.96. The summed E-state index contributed by atoms with van der Waals surface area (Å²) in [4.78, 5) is 15.9. The number of rotatable bonds is 4. The van der Waals surface area contributed by atoms with Gasteiger partial charge in [-0.2, -0.15) is 0 Å². The first-order chi connectivity index (χ1) is 9.61. The molecule has 0 saturated carbocycles. The Kier molecular flexibility index (Phi) is 2.97. The Bertz CT molecular complexity index is 798. The fourth-order valence-electron chi connectivity index (χ4n) is 2.47. The highest BCUT2D eigenvalue weighted by Crippen LogP contribution is 2.30. The first kappa shape index (κ1) is 12.7. The number of anilines is 1. The Morgan fingerprint density at radius 3 is 2.95 bits per heavy atom. The van der Waals surface area contributed by atoms with E-state index in [-0.39, 0.29) is 5.78 Å². The molecular formula is C15H17N3O2. The second kappa shape index (κ2) is 4.67. The molecule has 0 aliphatic carbocycles. The molecule has 2 heterocycles. The fourth-order valence-corrected chi connectivity index (χ4v) is 2.47. The fraction of sp³-hybridized carbons (Fsp3) is 0.333. The van der Waals surface area contributed by atoms with Crippen molar-refractivity contribution in [1.29, 1.82) is 0 Å². The van der Waals surface area contributed by atoms with Gasteiger partial charge in [0.2, 0.25) is 5.95 Å². The van der Waals surface area contributed by atoms with E-state index >= 15 is 0 Å². The number of carbonyl (C=O) groups excluding carboxylic acids is 1. The molecule has 5 nitrogen and oxygen atoms in total. The maximum Gasteiger partial charge on any atom is 0.201 e. The Balaban J connectivity index is 2.30. The third-order valence-electron chi connectivity index (χ3n) is 3.51. The summed E-state index contributed by atoms with van der Waals surface area (Å²) in [6, 6.07) is 5.49. The molecule has 0 unspecified atom stereocenters. The molecule has 0 saturated heterocycles. The molecule has 0 aliphatic rings. The number of nitrogen functional groups attached to an aromatic ring is 1. The number of furan rings is 1. The van der Waals surface area contributed by atoms with Gasteiger partial charge in [-0.25, -0.2) is 4.98 Å². The third kappa shape index (κ3) is 1.86. The van der Waals surface area contributed by atoms with Gasteiger partial charge >= 0.3 is 0 Å². The van der Waals surface area contributed by atoms with Gasteiger partial charge in [-0.05, 0) is 24.6 Å². The van der Waals surface area contributed by atoms with Crippen LogP contribution in [-0.2, 0) is 6.54 Å². The van der Waals surface area contributed by atoms with Gasteiger partial charge in [0.15, 0.2) is 11.5 Å². The number of hydrogen-bond acceptors (Lipinski definition) is 4. The SMILES string of the molecule is CCCCn1c(N)nc2ccc3oc(C(C)=O)cc3c21. The van der Waals surface area contributed by atoms with E-state index in [9.17, 15) is 4.79 Å². The number of carbonyl (C=O) groups is 1. The number of aryl methyl sites for hydroxylation is 1. The van der Waals surface area contributed by atoms with Crippen LogP contribution in [0, 0.1) is 0 Å². The van der Waals surface area contributed by atoms with Crippen LogP contribution in [0.15, 0.2) is 22.6 Å². The van der Waals surface area contributed by atoms with E-state index in [2.05, 4.69) is 11.9 Å². The van der Waals surface area contributed by atoms with Gasteiger partial charge in [0.1, 0.15) is 5.58 Å². The van der Waals surface area contributed by atoms with Gasteiger partial charge < -0.3 is 14.7 Å². The molecule has 0 bridgehead atoms. The number of fused-ring (bicyclic) bond motifs is 3. The minimum absolute atomic E-state index is 0.0815. The minimum atomic E-state index is -0.0815. The van der Waals surface area contributed by atoms with E-state index in [1.54, 1.807) is 6.07 Å². The van der Waals surface area contributed by atoms with Crippen molar-refractivity contribution in [3.05, 3.63) is 24.0 Å². The first-order valence-corrected chi connectivity index (χ1v) is 6.81. The van der Waals surface area contributed by atoms with Crippen molar-refractivity contribution in [3.63, 3.8) is 0 Å². The number of ketones is 1. The molecule has 20 heavy (non-hydrogen) atoms. The summed E-state index contributed by atoms with van der Waals surface area (Å²) >= 11 is 0. The summed E-state index contributed by atoms with van der Waals surface area (Å²) in [6.07, 6.45) is 2.11. The van der Waals surface area contributed by atoms with E-state index in [4.69, 9.17) is 10.2 Å². The number of unbranched alkanes of at least 4 members (excludes halogenated alkanes) is 1. The maximum atomic E-state index is 11.5. The second-order valence-corrected chi connectivity index (χ2v) is 4.99. The normalized spacial score (nSPS) is 11.5. The topological polar surface area (TPSA) is 74.1 Å². The number of imidazole rings is 1. The molecule has 3 aromatic rings. The van der Waals surface area contributed by atoms with E-state index in [0.717, 1.165) is 35.8 Å². The number of nitrogens with zero attached hydrogens (tertiary/aromatic N) is 2. The number of Topliss-reactive ketones (excluding diaryl/α,β-unsaturated/α-hetero) is 1. The number of hydrogen-bond donors (Lipinski definition) is 1. The minimum Gasteiger partial charge on any atom is -0.453 e. The number of nitrogens with two attached hydrogens (primary N) is 1. The molecule has 2 N–H and O–H groups in total. The van der Waals surface area contributed by atoms with Gasteiger partial charge in [0, 0.05) is 18.9 Å². The lowest BCUT2D eigenvalue weighted by Crippen LogP contribution is -2.03. The monoisotopic (exact) mass is 271 g/mol. The molecular weight excluding hydrogens is 254 g/mol. The van der Waals surface area contributed by atoms with Crippen LogP contribution in [0.2, 0.25) is 0 Å². The Labute approximate surface area is 116 Å². The Hall–Kier alpha value is -2.30. The predicted octanol–water partition coefficient (Wildman–Crippen LogP) is 3.37. The lowest BCUT2D eigenvalue weighted by atomic mass is 10.2. The van der Waals surface area contributed by atoms with Crippen molar-refractivity contribution in [2.45, 2.75) is 33.2 Å². The highest BCUT2D eigenvalue weighted by molar-refractivity contribution is 6.06. The molecule has 0 radical (unpaired) electrons. The van der Waals surface area contributed by atoms with E-state index in [1.165, 1.54) is 6.92 Å². The molecule has 0 spiro atoms. The lowest BCUT2D eigenvalue weighted by molar-refractivity contribution is 0.0989. The van der Waals surface area contributed by atoms with Crippen LogP contribution in [-0.4, -0.2) is 15.3 Å². The van der Waals surface area contributed by atoms with Crippen molar-refractivity contribution < 1.29 is 9.21 Å². The highest BCUT2D eigenvalue weighted by atomic mass is 16.3. The largest absolute Gasteiger partial charge is 0.453 e. The van der Waals surface area contributed by atoms with Crippen LogP contribution in [0.5, 0.6) is 0 Å². The molecule has 0 amide bonds. The zero-order valence-corrected chi connectivity index (χ0v) is 11.6. The van der Waals surface area contributed by atoms with Crippen LogP contribution in [0.4, 0.5) is 5.95 Å². The maximum absolute atomic E-state index is 11.5. The van der Waals surface area contributed by atoms with Gasteiger partial charge in [0.05, 0.1) is 11.0 Å². The van der Waals surface area contributed by atoms with Crippen molar-refractivity contribution in [2.75, 3.05) is 5.73 Å². The second-order valence-electron chi connectivity index (χ2n) is 4.99. The zero-order chi connectivity index (χ0) is 14.3. The van der Waals surface area contributed by atoms with Gasteiger partial charge in [-0.15, -0.1) is 0 Å². The van der Waals surface area contributed by atoms with Crippen LogP contribution < -0.4 is 5.73 Å². The van der Waals surface area contributed by atoms with Crippen molar-refractivity contribution in [1.82, 2.24) is 9.55 Å². The lowest BCUT2D eigenvalue weighted by Gasteiger charge is -2.05. The van der Waals surface area contributed by atoms with Crippen LogP contribution in [0.3, 0.4) is 0 Å². The van der Waals surface area contributed by atoms with Crippen molar-refractivity contribution >= 4 is 33.7 Å². The first-order valence-electron chi connectivity index (χ1n) is 6.81. The summed E-state index contributed by atoms with van der Waals surface area (Å²) in [5.74, 6) is 0.794. The van der Waals surface area contributed by atoms with Gasteiger partial charge in [-0.3, -0.25) is 4.79 Å². The molecule has 1 aromatic carbocycles. The molecule has 0 atom stereocenters. The summed E-state index contributed by atoms with van der Waals surface area (Å²) in [5, 5.41) is 0.896. The van der Waals surface area contributed by atoms with Crippen molar-refractivity contribution in [3.8, 4) is 0 Å². The molecule has 0 aliphatic heterocycles. The van der Waals surface area contributed by atoms with Gasteiger partial charge in [-0.1, -0.05) is 13.3 Å². The summed E-state index contributed by atoms with van der Waals surface area (Å²) in [7, 11) is 0. The quantitative estimate of drug-likeness (QED) is 0.738. The van der Waals surface area contributed by atoms with Gasteiger partial charge in [0.25, 0.3) is 0 Å². The smallest absolute Gasteiger partial charge is 0.201 e. The predicted molar refractivity (Wildman–Crippen MR) is 78.8 cm³/mol. The Morgan fingerprint density at radius 2 is 2.25 bits per heavy atom. The zero-order valence-electron chi connectivity index (χ0n) is 11.6. The Morgan fingerprint density at radius 1 is 1.45 bits per heavy atom. The standard InChI is InChI=1S/C15H17N3O2/c1-3-4-7-18-14-10-8-13(9(2)19)20-12(10)6-5-11(14)17-15(18)16/h5-6,8H,3-4,7H2,1-2H3,(H2,16,17). The van der Waals surface area contributed by atoms with Crippen molar-refractivity contribution in [2.24, 2.45) is 0 Å². The van der Waals surface area contributed by atoms with E-state index in [1.807, 2.05) is 16.7 Å². The van der Waals surface area contributed by atoms with E-state index < -0.39 is 0 Å². The molecule has 0 fully saturated rings. The number of benzene rings is 1. The third-order valence-corrected chi connectivity index (χ3v) is 3.51. The van der Waals surface area contributed by atoms with Crippen LogP contribution >= 0.6 is 0 Å². The highest BCUT2D eigenvalue weighted by Gasteiger charge is 2.15. The average molecular weight is 271 g/mol. The summed E-state index contributed by atoms with van der Waals surface area (Å²) < 4.78 is 7.58. The molecule has 5 heteroatoms. The van der Waals surface area contributed by atoms with Crippen LogP contribution in [0.1, 0.15) is 37.2 Å². The summed E-state index contributed by atoms with van der Waals surface area (Å²) in [5.41, 5.74) is 8.48. The van der Waals surface area contributed by atoms with E-state index in [0.29, 0.717) is 17.3 Å². The van der Waals surface area contributed by atoms with Crippen LogP contribution in [0.25, 0.3) is 22.0 Å². The molecule has 2 aromatic heterocycles. The molecule has 3 rings (SSSR count).